The molecular formula is C13H10ClNO4S. The zero-order valence-corrected chi connectivity index (χ0v) is 12.0. The summed E-state index contributed by atoms with van der Waals surface area (Å²) in [4.78, 5) is 11.0. The van der Waals surface area contributed by atoms with Crippen molar-refractivity contribution in [2.24, 2.45) is 5.16 Å². The van der Waals surface area contributed by atoms with Crippen LogP contribution >= 0.6 is 11.6 Å². The van der Waals surface area contributed by atoms with Gasteiger partial charge in [0, 0.05) is 5.02 Å². The van der Waals surface area contributed by atoms with Gasteiger partial charge in [-0.15, -0.1) is 0 Å². The summed E-state index contributed by atoms with van der Waals surface area (Å²) in [5, 5.41) is 3.98. The Bertz CT molecular complexity index is 730. The lowest BCUT2D eigenvalue weighted by molar-refractivity contribution is -0.110. The van der Waals surface area contributed by atoms with Crippen molar-refractivity contribution in [2.75, 3.05) is 0 Å². The van der Waals surface area contributed by atoms with E-state index in [0.717, 1.165) is 0 Å². The van der Waals surface area contributed by atoms with Crippen molar-refractivity contribution in [1.82, 2.24) is 0 Å². The number of oxime groups is 1. The Morgan fingerprint density at radius 1 is 1.15 bits per heavy atom. The van der Waals surface area contributed by atoms with E-state index in [-0.39, 0.29) is 16.4 Å². The summed E-state index contributed by atoms with van der Waals surface area (Å²) in [7, 11) is -4.01. The monoisotopic (exact) mass is 311 g/mol. The average Bonchev–Trinajstić information content (AvgIpc) is 2.38. The third-order valence-corrected chi connectivity index (χ3v) is 3.88. The number of ketones is 1. The van der Waals surface area contributed by atoms with E-state index in [9.17, 15) is 13.2 Å². The van der Waals surface area contributed by atoms with Crippen molar-refractivity contribution >= 4 is 33.2 Å². The molecule has 0 unspecified atom stereocenters. The van der Waals surface area contributed by atoms with Crippen LogP contribution < -0.4 is 0 Å². The summed E-state index contributed by atoms with van der Waals surface area (Å²) < 4.78 is 28.4. The molecule has 1 aliphatic rings. The van der Waals surface area contributed by atoms with Crippen LogP contribution in [0.1, 0.15) is 6.92 Å². The smallest absolute Gasteiger partial charge is 0.290 e. The third kappa shape index (κ3) is 3.34. The summed E-state index contributed by atoms with van der Waals surface area (Å²) in [6, 6.07) is 5.52. The first-order chi connectivity index (χ1) is 9.38. The van der Waals surface area contributed by atoms with Crippen LogP contribution in [0.5, 0.6) is 0 Å². The number of halogens is 1. The Kier molecular flexibility index (Phi) is 4.06. The Morgan fingerprint density at radius 3 is 2.40 bits per heavy atom. The largest absolute Gasteiger partial charge is 0.358 e. The highest BCUT2D eigenvalue weighted by atomic mass is 35.5. The molecule has 1 aromatic rings. The van der Waals surface area contributed by atoms with Gasteiger partial charge in [-0.05, 0) is 55.0 Å². The fourth-order valence-corrected chi connectivity index (χ4v) is 2.32. The van der Waals surface area contributed by atoms with E-state index < -0.39 is 10.1 Å². The highest BCUT2D eigenvalue weighted by molar-refractivity contribution is 7.86. The summed E-state index contributed by atoms with van der Waals surface area (Å²) in [5.74, 6) is -0.179. The minimum atomic E-state index is -4.01. The van der Waals surface area contributed by atoms with E-state index in [1.165, 1.54) is 42.5 Å². The zero-order chi connectivity index (χ0) is 14.8. The van der Waals surface area contributed by atoms with E-state index in [0.29, 0.717) is 10.6 Å². The van der Waals surface area contributed by atoms with Gasteiger partial charge in [0.1, 0.15) is 10.6 Å². The molecule has 0 aromatic heterocycles. The first-order valence-corrected chi connectivity index (χ1v) is 7.35. The highest BCUT2D eigenvalue weighted by Gasteiger charge is 2.16. The van der Waals surface area contributed by atoms with Crippen LogP contribution in [0.3, 0.4) is 0 Å². The topological polar surface area (TPSA) is 72.8 Å². The zero-order valence-electron chi connectivity index (χ0n) is 10.4. The molecule has 0 heterocycles. The highest BCUT2D eigenvalue weighted by Crippen LogP contribution is 2.17. The summed E-state index contributed by atoms with van der Waals surface area (Å²) >= 11 is 5.68. The van der Waals surface area contributed by atoms with Crippen molar-refractivity contribution in [3.05, 3.63) is 53.1 Å². The molecule has 2 rings (SSSR count). The number of rotatable bonds is 3. The molecule has 0 saturated carbocycles. The number of hydrogen-bond donors (Lipinski definition) is 0. The van der Waals surface area contributed by atoms with Gasteiger partial charge in [-0.1, -0.05) is 16.8 Å². The molecule has 0 amide bonds. The molecule has 0 aliphatic heterocycles. The van der Waals surface area contributed by atoms with Crippen molar-refractivity contribution < 1.29 is 17.5 Å². The van der Waals surface area contributed by atoms with Crippen LogP contribution in [0.4, 0.5) is 0 Å². The van der Waals surface area contributed by atoms with Gasteiger partial charge >= 0.3 is 10.1 Å². The van der Waals surface area contributed by atoms with Crippen molar-refractivity contribution in [3.63, 3.8) is 0 Å². The fourth-order valence-electron chi connectivity index (χ4n) is 1.46. The molecule has 0 N–H and O–H groups in total. The van der Waals surface area contributed by atoms with Crippen LogP contribution in [0.25, 0.3) is 0 Å². The number of allylic oxidation sites excluding steroid dienone is 4. The molecule has 7 heteroatoms. The molecule has 1 aromatic carbocycles. The van der Waals surface area contributed by atoms with E-state index in [2.05, 4.69) is 9.44 Å². The molecule has 0 spiro atoms. The molecule has 1 aliphatic carbocycles. The maximum absolute atomic E-state index is 11.9. The molecule has 0 atom stereocenters. The molecule has 0 fully saturated rings. The van der Waals surface area contributed by atoms with Crippen LogP contribution in [0.15, 0.2) is 58.1 Å². The third-order valence-electron chi connectivity index (χ3n) is 2.50. The summed E-state index contributed by atoms with van der Waals surface area (Å²) in [6.07, 6.45) is 4.02. The average molecular weight is 312 g/mol. The Morgan fingerprint density at radius 2 is 1.80 bits per heavy atom. The molecule has 5 nitrogen and oxygen atoms in total. The van der Waals surface area contributed by atoms with Gasteiger partial charge in [0.15, 0.2) is 5.78 Å². The Hall–Kier alpha value is -1.92. The van der Waals surface area contributed by atoms with Gasteiger partial charge in [-0.2, -0.15) is 8.42 Å². The lowest BCUT2D eigenvalue weighted by atomic mass is 10.1. The maximum Gasteiger partial charge on any atom is 0.358 e. The lowest BCUT2D eigenvalue weighted by Crippen LogP contribution is -2.09. The first kappa shape index (κ1) is 14.5. The summed E-state index contributed by atoms with van der Waals surface area (Å²) in [6.45, 7) is 1.64. The molecular weight excluding hydrogens is 302 g/mol. The maximum atomic E-state index is 11.9. The predicted octanol–water partition coefficient (Wildman–Crippen LogP) is 2.49. The van der Waals surface area contributed by atoms with Crippen LogP contribution in [-0.4, -0.2) is 19.9 Å². The molecule has 0 bridgehead atoms. The Balaban J connectivity index is 2.22. The van der Waals surface area contributed by atoms with Crippen LogP contribution in [-0.2, 0) is 19.2 Å². The first-order valence-electron chi connectivity index (χ1n) is 5.56. The van der Waals surface area contributed by atoms with E-state index in [1.54, 1.807) is 6.92 Å². The van der Waals surface area contributed by atoms with Crippen molar-refractivity contribution in [2.45, 2.75) is 11.8 Å². The van der Waals surface area contributed by atoms with E-state index in [4.69, 9.17) is 11.6 Å². The number of hydrogen-bond acceptors (Lipinski definition) is 5. The van der Waals surface area contributed by atoms with Gasteiger partial charge in [0.2, 0.25) is 0 Å². The minimum absolute atomic E-state index is 0.0521. The molecule has 20 heavy (non-hydrogen) atoms. The standard InChI is InChI=1S/C13H10ClNO4S/c1-9-8-11(16)4-7-13(9)15-19-20(17,18)12-5-2-10(14)3-6-12/h2-8H,1H3/b15-13+. The van der Waals surface area contributed by atoms with Gasteiger partial charge in [-0.3, -0.25) is 9.08 Å². The molecule has 0 radical (unpaired) electrons. The number of carbonyl (C=O) groups excluding carboxylic acids is 1. The second-order valence-electron chi connectivity index (χ2n) is 4.02. The fraction of sp³-hybridized carbons (Fsp3) is 0.0769. The second kappa shape index (κ2) is 5.60. The lowest BCUT2D eigenvalue weighted by Gasteiger charge is -2.06. The number of carbonyl (C=O) groups is 1. The van der Waals surface area contributed by atoms with Crippen molar-refractivity contribution in [1.29, 1.82) is 0 Å². The van der Waals surface area contributed by atoms with E-state index in [1.807, 2.05) is 0 Å². The van der Waals surface area contributed by atoms with E-state index >= 15 is 0 Å². The number of benzene rings is 1. The normalized spacial score (nSPS) is 17.2. The summed E-state index contributed by atoms with van der Waals surface area (Å²) in [5.41, 5.74) is 0.811. The minimum Gasteiger partial charge on any atom is -0.290 e. The van der Waals surface area contributed by atoms with Gasteiger partial charge in [0.25, 0.3) is 0 Å². The van der Waals surface area contributed by atoms with Crippen LogP contribution in [0.2, 0.25) is 5.02 Å². The quantitative estimate of drug-likeness (QED) is 0.635. The van der Waals surface area contributed by atoms with Gasteiger partial charge in [0.05, 0.1) is 0 Å². The predicted molar refractivity (Wildman–Crippen MR) is 75.1 cm³/mol. The van der Waals surface area contributed by atoms with Gasteiger partial charge < -0.3 is 0 Å². The second-order valence-corrected chi connectivity index (χ2v) is 5.99. The van der Waals surface area contributed by atoms with Gasteiger partial charge in [-0.25, -0.2) is 0 Å². The van der Waals surface area contributed by atoms with Crippen molar-refractivity contribution in [3.8, 4) is 0 Å². The number of nitrogens with zero attached hydrogens (tertiary/aromatic N) is 1. The molecule has 0 saturated heterocycles. The SMILES string of the molecule is CC1=CC(=O)C=C/C1=N\OS(=O)(=O)c1ccc(Cl)cc1. The van der Waals surface area contributed by atoms with Crippen LogP contribution in [0, 0.1) is 0 Å². The Labute approximate surface area is 121 Å². The molecule has 104 valence electrons.